The Labute approximate surface area is 194 Å². The number of ether oxygens (including phenoxy) is 2. The van der Waals surface area contributed by atoms with Gasteiger partial charge in [0.15, 0.2) is 18.1 Å². The Balaban J connectivity index is 1.54. The Morgan fingerprint density at radius 1 is 1.09 bits per heavy atom. The van der Waals surface area contributed by atoms with Crippen molar-refractivity contribution >= 4 is 47.0 Å². The van der Waals surface area contributed by atoms with E-state index in [0.717, 1.165) is 9.79 Å². The number of hydrogen-bond donors (Lipinski definition) is 2. The third-order valence-electron chi connectivity index (χ3n) is 4.16. The fraction of sp³-hybridized carbons (Fsp3) is 0.0833. The average Bonchev–Trinajstić information content (AvgIpc) is 2.80. The molecule has 3 rings (SSSR count). The van der Waals surface area contributed by atoms with Crippen molar-refractivity contribution in [1.82, 2.24) is 0 Å². The molecule has 0 aliphatic heterocycles. The molecule has 0 atom stereocenters. The summed E-state index contributed by atoms with van der Waals surface area (Å²) in [6.07, 6.45) is 2.70. The van der Waals surface area contributed by atoms with Gasteiger partial charge in [0.25, 0.3) is 5.91 Å². The number of amides is 1. The van der Waals surface area contributed by atoms with Crippen molar-refractivity contribution in [3.8, 4) is 11.5 Å². The number of phenolic OH excluding ortho intramolecular Hbond substituents is 1. The largest absolute Gasteiger partial charge is 0.504 e. The van der Waals surface area contributed by atoms with Gasteiger partial charge >= 0.3 is 5.97 Å². The quantitative estimate of drug-likeness (QED) is 0.339. The van der Waals surface area contributed by atoms with Crippen LogP contribution in [0.25, 0.3) is 6.08 Å². The molecule has 0 spiro atoms. The zero-order valence-electron chi connectivity index (χ0n) is 17.1. The number of hydrogen-bond acceptors (Lipinski definition) is 6. The zero-order chi connectivity index (χ0) is 22.9. The molecule has 0 unspecified atom stereocenters. The summed E-state index contributed by atoms with van der Waals surface area (Å²) in [5.41, 5.74) is 1.24. The van der Waals surface area contributed by atoms with Crippen molar-refractivity contribution in [2.45, 2.75) is 9.79 Å². The van der Waals surface area contributed by atoms with Crippen LogP contribution in [0, 0.1) is 0 Å². The van der Waals surface area contributed by atoms with Gasteiger partial charge in [-0.15, -0.1) is 0 Å². The van der Waals surface area contributed by atoms with Gasteiger partial charge in [0.2, 0.25) is 0 Å². The highest BCUT2D eigenvalue weighted by Gasteiger charge is 2.10. The SMILES string of the molecule is COc1cc(C=CC(=O)OCC(=O)Nc2ccccc2Sc2ccc(Cl)cc2)ccc1O. The van der Waals surface area contributed by atoms with Gasteiger partial charge in [0.05, 0.1) is 12.8 Å². The predicted octanol–water partition coefficient (Wildman–Crippen LogP) is 5.40. The van der Waals surface area contributed by atoms with E-state index in [1.165, 1.54) is 37.1 Å². The van der Waals surface area contributed by atoms with Gasteiger partial charge in [-0.25, -0.2) is 4.79 Å². The topological polar surface area (TPSA) is 84.9 Å². The molecule has 0 heterocycles. The van der Waals surface area contributed by atoms with Gasteiger partial charge in [0, 0.05) is 20.9 Å². The summed E-state index contributed by atoms with van der Waals surface area (Å²) in [5, 5.41) is 13.0. The lowest BCUT2D eigenvalue weighted by Gasteiger charge is -2.11. The van der Waals surface area contributed by atoms with Crippen LogP contribution in [0.3, 0.4) is 0 Å². The summed E-state index contributed by atoms with van der Waals surface area (Å²) in [6.45, 7) is -0.429. The Bertz CT molecular complexity index is 1130. The van der Waals surface area contributed by atoms with E-state index in [1.807, 2.05) is 30.3 Å². The molecule has 32 heavy (non-hydrogen) atoms. The molecule has 3 aromatic carbocycles. The van der Waals surface area contributed by atoms with Gasteiger partial charge in [-0.1, -0.05) is 41.6 Å². The van der Waals surface area contributed by atoms with Crippen LogP contribution < -0.4 is 10.1 Å². The highest BCUT2D eigenvalue weighted by Crippen LogP contribution is 2.33. The number of halogens is 1. The van der Waals surface area contributed by atoms with E-state index >= 15 is 0 Å². The lowest BCUT2D eigenvalue weighted by molar-refractivity contribution is -0.142. The van der Waals surface area contributed by atoms with Crippen LogP contribution >= 0.6 is 23.4 Å². The molecule has 0 saturated heterocycles. The van der Waals surface area contributed by atoms with E-state index < -0.39 is 18.5 Å². The van der Waals surface area contributed by atoms with Crippen molar-refractivity contribution in [3.05, 3.63) is 83.4 Å². The highest BCUT2D eigenvalue weighted by atomic mass is 35.5. The number of carbonyl (C=O) groups is 2. The second-order valence-corrected chi connectivity index (χ2v) is 8.02. The molecule has 1 amide bonds. The highest BCUT2D eigenvalue weighted by molar-refractivity contribution is 7.99. The van der Waals surface area contributed by atoms with E-state index in [0.29, 0.717) is 16.3 Å². The second-order valence-electron chi connectivity index (χ2n) is 6.47. The molecule has 3 aromatic rings. The van der Waals surface area contributed by atoms with Gasteiger partial charge in [-0.05, 0) is 60.2 Å². The number of carbonyl (C=O) groups excluding carboxylic acids is 2. The summed E-state index contributed by atoms with van der Waals surface area (Å²) < 4.78 is 10.0. The van der Waals surface area contributed by atoms with E-state index in [2.05, 4.69) is 5.32 Å². The van der Waals surface area contributed by atoms with Gasteiger partial charge in [-0.2, -0.15) is 0 Å². The van der Waals surface area contributed by atoms with Crippen molar-refractivity contribution in [2.75, 3.05) is 19.0 Å². The molecule has 2 N–H and O–H groups in total. The van der Waals surface area contributed by atoms with Crippen LogP contribution in [0.5, 0.6) is 11.5 Å². The Hall–Kier alpha value is -3.42. The summed E-state index contributed by atoms with van der Waals surface area (Å²) in [4.78, 5) is 26.0. The van der Waals surface area contributed by atoms with E-state index in [-0.39, 0.29) is 11.5 Å². The average molecular weight is 470 g/mol. The number of methoxy groups -OCH3 is 1. The maximum atomic E-state index is 12.3. The van der Waals surface area contributed by atoms with Crippen LogP contribution in [-0.4, -0.2) is 30.7 Å². The first-order valence-electron chi connectivity index (χ1n) is 9.49. The van der Waals surface area contributed by atoms with Gasteiger partial charge in [0.1, 0.15) is 0 Å². The molecular formula is C24H20ClNO5S. The zero-order valence-corrected chi connectivity index (χ0v) is 18.7. The lowest BCUT2D eigenvalue weighted by Crippen LogP contribution is -2.20. The normalized spacial score (nSPS) is 10.7. The molecule has 0 radical (unpaired) electrons. The monoisotopic (exact) mass is 469 g/mol. The Morgan fingerprint density at radius 3 is 2.59 bits per heavy atom. The maximum absolute atomic E-state index is 12.3. The minimum absolute atomic E-state index is 0.00148. The van der Waals surface area contributed by atoms with Gasteiger partial charge < -0.3 is 19.9 Å². The van der Waals surface area contributed by atoms with Crippen LogP contribution in [-0.2, 0) is 14.3 Å². The van der Waals surface area contributed by atoms with E-state index in [4.69, 9.17) is 21.1 Å². The Morgan fingerprint density at radius 2 is 1.84 bits per heavy atom. The third kappa shape index (κ3) is 6.80. The van der Waals surface area contributed by atoms with Crippen LogP contribution in [0.15, 0.2) is 82.6 Å². The number of esters is 1. The van der Waals surface area contributed by atoms with E-state index in [1.54, 1.807) is 30.3 Å². The van der Waals surface area contributed by atoms with Crippen molar-refractivity contribution in [2.24, 2.45) is 0 Å². The first-order chi connectivity index (χ1) is 15.4. The number of para-hydroxylation sites is 1. The number of phenols is 1. The molecule has 0 saturated carbocycles. The summed E-state index contributed by atoms with van der Waals surface area (Å²) in [7, 11) is 1.43. The molecule has 0 aliphatic rings. The van der Waals surface area contributed by atoms with Crippen molar-refractivity contribution < 1.29 is 24.2 Å². The molecule has 0 aromatic heterocycles. The first-order valence-corrected chi connectivity index (χ1v) is 10.7. The minimum Gasteiger partial charge on any atom is -0.504 e. The fourth-order valence-corrected chi connectivity index (χ4v) is 3.65. The molecule has 164 valence electrons. The third-order valence-corrected chi connectivity index (χ3v) is 5.50. The number of benzene rings is 3. The van der Waals surface area contributed by atoms with Gasteiger partial charge in [-0.3, -0.25) is 4.79 Å². The molecule has 8 heteroatoms. The van der Waals surface area contributed by atoms with Crippen LogP contribution in [0.1, 0.15) is 5.56 Å². The fourth-order valence-electron chi connectivity index (χ4n) is 2.62. The van der Waals surface area contributed by atoms with Crippen molar-refractivity contribution in [1.29, 1.82) is 0 Å². The number of nitrogens with one attached hydrogen (secondary N) is 1. The second kappa shape index (κ2) is 11.3. The molecule has 0 fully saturated rings. The van der Waals surface area contributed by atoms with E-state index in [9.17, 15) is 14.7 Å². The standard InChI is InChI=1S/C24H20ClNO5S/c1-30-21-14-16(6-12-20(21)27)7-13-24(29)31-15-23(28)26-19-4-2-3-5-22(19)32-18-10-8-17(25)9-11-18/h2-14,27H,15H2,1H3,(H,26,28). The predicted molar refractivity (Wildman–Crippen MR) is 125 cm³/mol. The molecule has 6 nitrogen and oxygen atoms in total. The summed E-state index contributed by atoms with van der Waals surface area (Å²) >= 11 is 7.40. The Kier molecular flexibility index (Phi) is 8.19. The molecular weight excluding hydrogens is 450 g/mol. The van der Waals surface area contributed by atoms with Crippen LogP contribution in [0.4, 0.5) is 5.69 Å². The minimum atomic E-state index is -0.670. The molecule has 0 aliphatic carbocycles. The summed E-state index contributed by atoms with van der Waals surface area (Å²) in [5.74, 6) is -0.841. The number of anilines is 1. The first kappa shape index (κ1) is 23.2. The van der Waals surface area contributed by atoms with Crippen LogP contribution in [0.2, 0.25) is 5.02 Å². The molecule has 0 bridgehead atoms. The van der Waals surface area contributed by atoms with Crippen molar-refractivity contribution in [3.63, 3.8) is 0 Å². The smallest absolute Gasteiger partial charge is 0.331 e. The maximum Gasteiger partial charge on any atom is 0.331 e. The number of rotatable bonds is 8. The lowest BCUT2D eigenvalue weighted by atomic mass is 10.2. The summed E-state index contributed by atoms with van der Waals surface area (Å²) in [6, 6.07) is 19.4. The number of aromatic hydroxyl groups is 1.